The number of hydrogen-bond acceptors (Lipinski definition) is 5. The lowest BCUT2D eigenvalue weighted by Crippen LogP contribution is -2.35. The van der Waals surface area contributed by atoms with Gasteiger partial charge < -0.3 is 19.1 Å². The number of azo groups is 1. The van der Waals surface area contributed by atoms with Gasteiger partial charge in [-0.1, -0.05) is 49.4 Å². The molecule has 3 aromatic carbocycles. The van der Waals surface area contributed by atoms with E-state index in [0.717, 1.165) is 28.1 Å². The van der Waals surface area contributed by atoms with Gasteiger partial charge >= 0.3 is 5.91 Å². The van der Waals surface area contributed by atoms with E-state index in [2.05, 4.69) is 10.2 Å². The van der Waals surface area contributed by atoms with E-state index >= 15 is 0 Å². The maximum absolute atomic E-state index is 12.7. The lowest BCUT2D eigenvalue weighted by molar-refractivity contribution is -0.127. The normalized spacial score (nSPS) is 15.7. The summed E-state index contributed by atoms with van der Waals surface area (Å²) in [7, 11) is 0. The summed E-state index contributed by atoms with van der Waals surface area (Å²) in [6.07, 6.45) is -0.0492. The highest BCUT2D eigenvalue weighted by molar-refractivity contribution is 5.95. The molecular weight excluding hydrogens is 394 g/mol. The minimum atomic E-state index is -0.899. The second kappa shape index (κ2) is 7.75. The Morgan fingerprint density at radius 3 is 2.58 bits per heavy atom. The van der Waals surface area contributed by atoms with Crippen LogP contribution in [0.5, 0.6) is 17.4 Å². The van der Waals surface area contributed by atoms with Gasteiger partial charge in [-0.15, -0.1) is 10.2 Å². The first-order valence-corrected chi connectivity index (χ1v) is 10.2. The second-order valence-electron chi connectivity index (χ2n) is 7.44. The van der Waals surface area contributed by atoms with Gasteiger partial charge in [0.1, 0.15) is 6.61 Å². The Balaban J connectivity index is 1.41. The quantitative estimate of drug-likeness (QED) is 0.455. The molecule has 1 amide bonds. The molecule has 0 aliphatic carbocycles. The molecule has 0 bridgehead atoms. The van der Waals surface area contributed by atoms with Crippen LogP contribution in [0.2, 0.25) is 0 Å². The SMILES string of the molecule is CCCn1c(O)c(N=NC(=O)C2COc3cc4ccccc4cc3O2)c2ccccc21. The van der Waals surface area contributed by atoms with Crippen molar-refractivity contribution in [1.82, 2.24) is 4.57 Å². The number of para-hydroxylation sites is 1. The fourth-order valence-electron chi connectivity index (χ4n) is 3.86. The average molecular weight is 415 g/mol. The van der Waals surface area contributed by atoms with Crippen LogP contribution in [0.25, 0.3) is 21.7 Å². The number of carbonyl (C=O) groups is 1. The van der Waals surface area contributed by atoms with E-state index in [1.807, 2.05) is 67.6 Å². The van der Waals surface area contributed by atoms with Crippen LogP contribution in [0, 0.1) is 0 Å². The summed E-state index contributed by atoms with van der Waals surface area (Å²) in [5, 5.41) is 21.3. The number of rotatable bonds is 4. The largest absolute Gasteiger partial charge is 0.493 e. The fraction of sp³-hybridized carbons (Fsp3) is 0.208. The molecule has 4 aromatic rings. The first-order valence-electron chi connectivity index (χ1n) is 10.2. The molecule has 1 aromatic heterocycles. The van der Waals surface area contributed by atoms with Crippen molar-refractivity contribution in [3.63, 3.8) is 0 Å². The minimum absolute atomic E-state index is 0.00257. The van der Waals surface area contributed by atoms with Gasteiger partial charge in [0, 0.05) is 11.9 Å². The molecule has 156 valence electrons. The van der Waals surface area contributed by atoms with Gasteiger partial charge in [-0.25, -0.2) is 0 Å². The van der Waals surface area contributed by atoms with Crippen molar-refractivity contribution in [2.45, 2.75) is 26.0 Å². The molecule has 7 nitrogen and oxygen atoms in total. The van der Waals surface area contributed by atoms with Crippen LogP contribution in [0.15, 0.2) is 70.9 Å². The summed E-state index contributed by atoms with van der Waals surface area (Å²) < 4.78 is 13.4. The van der Waals surface area contributed by atoms with Crippen molar-refractivity contribution in [2.24, 2.45) is 10.2 Å². The van der Waals surface area contributed by atoms with Crippen LogP contribution < -0.4 is 9.47 Å². The average Bonchev–Trinajstić information content (AvgIpc) is 3.07. The molecule has 2 heterocycles. The van der Waals surface area contributed by atoms with E-state index in [0.29, 0.717) is 18.0 Å². The molecule has 1 aliphatic rings. The van der Waals surface area contributed by atoms with E-state index in [-0.39, 0.29) is 18.2 Å². The van der Waals surface area contributed by atoms with Gasteiger partial charge in [0.05, 0.1) is 5.52 Å². The van der Waals surface area contributed by atoms with Crippen LogP contribution in [-0.4, -0.2) is 28.3 Å². The third-order valence-corrected chi connectivity index (χ3v) is 5.36. The predicted molar refractivity (Wildman–Crippen MR) is 117 cm³/mol. The highest BCUT2D eigenvalue weighted by Gasteiger charge is 2.28. The van der Waals surface area contributed by atoms with Crippen molar-refractivity contribution in [2.75, 3.05) is 6.61 Å². The number of amides is 1. The smallest absolute Gasteiger partial charge is 0.308 e. The Morgan fingerprint density at radius 2 is 1.81 bits per heavy atom. The van der Waals surface area contributed by atoms with Gasteiger partial charge in [-0.3, -0.25) is 4.79 Å². The standard InChI is InChI=1S/C24H21N3O4/c1-2-11-27-18-10-6-5-9-17(18)22(24(27)29)25-26-23(28)21-14-30-19-12-15-7-3-4-8-16(15)13-20(19)31-21/h3-10,12-13,21,29H,2,11,14H2,1H3. The van der Waals surface area contributed by atoms with Crippen LogP contribution in [0.1, 0.15) is 13.3 Å². The number of fused-ring (bicyclic) bond motifs is 3. The van der Waals surface area contributed by atoms with Crippen molar-refractivity contribution in [3.8, 4) is 17.4 Å². The lowest BCUT2D eigenvalue weighted by atomic mass is 10.1. The van der Waals surface area contributed by atoms with Gasteiger partial charge in [0.15, 0.2) is 17.2 Å². The summed E-state index contributed by atoms with van der Waals surface area (Å²) in [4.78, 5) is 12.7. The van der Waals surface area contributed by atoms with E-state index < -0.39 is 12.0 Å². The minimum Gasteiger partial charge on any atom is -0.493 e. The maximum atomic E-state index is 12.7. The number of nitrogens with zero attached hydrogens (tertiary/aromatic N) is 3. The molecule has 7 heteroatoms. The number of benzene rings is 3. The van der Waals surface area contributed by atoms with E-state index in [4.69, 9.17) is 9.47 Å². The molecule has 0 fully saturated rings. The molecule has 1 N–H and O–H groups in total. The number of hydrogen-bond donors (Lipinski definition) is 1. The molecule has 1 aliphatic heterocycles. The fourth-order valence-corrected chi connectivity index (χ4v) is 3.86. The first-order chi connectivity index (χ1) is 15.2. The Morgan fingerprint density at radius 1 is 1.10 bits per heavy atom. The molecular formula is C24H21N3O4. The summed E-state index contributed by atoms with van der Waals surface area (Å²) in [5.41, 5.74) is 1.13. The second-order valence-corrected chi connectivity index (χ2v) is 7.44. The van der Waals surface area contributed by atoms with E-state index in [1.165, 1.54) is 0 Å². The molecule has 0 spiro atoms. The predicted octanol–water partition coefficient (Wildman–Crippen LogP) is 5.36. The number of carbonyl (C=O) groups excluding carboxylic acids is 1. The molecule has 5 rings (SSSR count). The van der Waals surface area contributed by atoms with Gasteiger partial charge in [-0.05, 0) is 35.4 Å². The number of aromatic nitrogens is 1. The number of aryl methyl sites for hydroxylation is 1. The zero-order chi connectivity index (χ0) is 21.4. The molecule has 0 saturated heterocycles. The third kappa shape index (κ3) is 3.38. The van der Waals surface area contributed by atoms with Crippen LogP contribution in [0.4, 0.5) is 5.69 Å². The van der Waals surface area contributed by atoms with E-state index in [1.54, 1.807) is 4.57 Å². The Hall–Kier alpha value is -3.87. The van der Waals surface area contributed by atoms with Gasteiger partial charge in [-0.2, -0.15) is 0 Å². The van der Waals surface area contributed by atoms with Crippen molar-refractivity contribution in [1.29, 1.82) is 0 Å². The summed E-state index contributed by atoms with van der Waals surface area (Å²) in [6.45, 7) is 2.72. The van der Waals surface area contributed by atoms with Gasteiger partial charge in [0.25, 0.3) is 0 Å². The molecule has 31 heavy (non-hydrogen) atoms. The first kappa shape index (κ1) is 19.1. The Kier molecular flexibility index (Phi) is 4.78. The topological polar surface area (TPSA) is 85.4 Å². The molecule has 1 atom stereocenters. The van der Waals surface area contributed by atoms with Crippen LogP contribution >= 0.6 is 0 Å². The van der Waals surface area contributed by atoms with Crippen molar-refractivity contribution < 1.29 is 19.4 Å². The highest BCUT2D eigenvalue weighted by atomic mass is 16.6. The van der Waals surface area contributed by atoms with Crippen molar-refractivity contribution >= 4 is 33.3 Å². The summed E-state index contributed by atoms with van der Waals surface area (Å²) in [5.74, 6) is 0.531. The monoisotopic (exact) mass is 415 g/mol. The maximum Gasteiger partial charge on any atom is 0.308 e. The van der Waals surface area contributed by atoms with Crippen molar-refractivity contribution in [3.05, 3.63) is 60.7 Å². The number of ether oxygens (including phenoxy) is 2. The zero-order valence-corrected chi connectivity index (χ0v) is 17.0. The van der Waals surface area contributed by atoms with Crippen LogP contribution in [0.3, 0.4) is 0 Å². The lowest BCUT2D eigenvalue weighted by Gasteiger charge is -2.24. The summed E-state index contributed by atoms with van der Waals surface area (Å²) >= 11 is 0. The molecule has 0 saturated carbocycles. The van der Waals surface area contributed by atoms with Gasteiger partial charge in [0.2, 0.25) is 12.0 Å². The Bertz CT molecular complexity index is 1330. The summed E-state index contributed by atoms with van der Waals surface area (Å²) in [6, 6.07) is 19.1. The molecule has 1 unspecified atom stereocenters. The number of aromatic hydroxyl groups is 1. The van der Waals surface area contributed by atoms with E-state index in [9.17, 15) is 9.90 Å². The third-order valence-electron chi connectivity index (χ3n) is 5.36. The van der Waals surface area contributed by atoms with Crippen LogP contribution in [-0.2, 0) is 11.3 Å². The Labute approximate surface area is 178 Å². The zero-order valence-electron chi connectivity index (χ0n) is 17.0. The molecule has 0 radical (unpaired) electrons. The highest BCUT2D eigenvalue weighted by Crippen LogP contribution is 2.39.